The van der Waals surface area contributed by atoms with Gasteiger partial charge in [-0.05, 0) is 30.5 Å². The Balaban J connectivity index is 2.71. The van der Waals surface area contributed by atoms with Crippen molar-refractivity contribution in [2.45, 2.75) is 20.3 Å². The topological polar surface area (TPSA) is 38.3 Å². The molecular formula is C13H18ClNO2. The smallest absolute Gasteiger partial charge is 0.339 e. The molecule has 0 amide bonds. The summed E-state index contributed by atoms with van der Waals surface area (Å²) in [5.41, 5.74) is 1.28. The van der Waals surface area contributed by atoms with Crippen LogP contribution in [-0.4, -0.2) is 19.6 Å². The molecule has 0 aliphatic carbocycles. The van der Waals surface area contributed by atoms with E-state index in [0.717, 1.165) is 18.7 Å². The maximum atomic E-state index is 11.4. The molecule has 0 unspecified atom stereocenters. The molecule has 1 rings (SSSR count). The lowest BCUT2D eigenvalue weighted by Gasteiger charge is -2.10. The van der Waals surface area contributed by atoms with Crippen LogP contribution in [0.3, 0.4) is 0 Å². The number of hydrogen-bond acceptors (Lipinski definition) is 3. The molecule has 94 valence electrons. The van der Waals surface area contributed by atoms with E-state index in [2.05, 4.69) is 23.9 Å². The zero-order valence-electron chi connectivity index (χ0n) is 10.4. The van der Waals surface area contributed by atoms with E-state index in [1.54, 1.807) is 12.1 Å². The third kappa shape index (κ3) is 4.27. The SMILES string of the molecule is COC(=O)c1cc(NCCC(C)C)ccc1Cl. The number of halogens is 1. The number of methoxy groups -OCH3 is 1. The Bertz CT molecular complexity index is 391. The number of ether oxygens (including phenoxy) is 1. The first-order valence-corrected chi connectivity index (χ1v) is 6.04. The predicted molar refractivity (Wildman–Crippen MR) is 70.7 cm³/mol. The number of rotatable bonds is 5. The third-order valence-electron chi connectivity index (χ3n) is 2.42. The average Bonchev–Trinajstić information content (AvgIpc) is 2.30. The minimum Gasteiger partial charge on any atom is -0.465 e. The Morgan fingerprint density at radius 3 is 2.76 bits per heavy atom. The number of carbonyl (C=O) groups is 1. The van der Waals surface area contributed by atoms with Gasteiger partial charge < -0.3 is 10.1 Å². The van der Waals surface area contributed by atoms with Gasteiger partial charge in [-0.25, -0.2) is 4.79 Å². The molecule has 0 atom stereocenters. The second kappa shape index (κ2) is 6.50. The van der Waals surface area contributed by atoms with Gasteiger partial charge in [-0.3, -0.25) is 0 Å². The van der Waals surface area contributed by atoms with Gasteiger partial charge >= 0.3 is 5.97 Å². The van der Waals surface area contributed by atoms with Crippen molar-refractivity contribution >= 4 is 23.3 Å². The first kappa shape index (κ1) is 13.8. The number of anilines is 1. The summed E-state index contributed by atoms with van der Waals surface area (Å²) in [5, 5.41) is 3.66. The molecule has 0 aromatic heterocycles. The maximum absolute atomic E-state index is 11.4. The molecule has 0 saturated carbocycles. The first-order chi connectivity index (χ1) is 8.04. The van der Waals surface area contributed by atoms with Crippen LogP contribution in [-0.2, 0) is 4.74 Å². The Kier molecular flexibility index (Phi) is 5.29. The highest BCUT2D eigenvalue weighted by Crippen LogP contribution is 2.21. The molecule has 17 heavy (non-hydrogen) atoms. The van der Waals surface area contributed by atoms with Crippen molar-refractivity contribution in [2.24, 2.45) is 5.92 Å². The lowest BCUT2D eigenvalue weighted by molar-refractivity contribution is 0.0601. The zero-order chi connectivity index (χ0) is 12.8. The van der Waals surface area contributed by atoms with Gasteiger partial charge in [0.25, 0.3) is 0 Å². The van der Waals surface area contributed by atoms with Crippen LogP contribution in [0.25, 0.3) is 0 Å². The van der Waals surface area contributed by atoms with Crippen LogP contribution in [0.15, 0.2) is 18.2 Å². The Hall–Kier alpha value is -1.22. The van der Waals surface area contributed by atoms with Crippen molar-refractivity contribution < 1.29 is 9.53 Å². The Morgan fingerprint density at radius 2 is 2.18 bits per heavy atom. The lowest BCUT2D eigenvalue weighted by atomic mass is 10.1. The summed E-state index contributed by atoms with van der Waals surface area (Å²) in [7, 11) is 1.34. The second-order valence-corrected chi connectivity index (χ2v) is 4.70. The molecular weight excluding hydrogens is 238 g/mol. The van der Waals surface area contributed by atoms with E-state index in [1.165, 1.54) is 7.11 Å². The van der Waals surface area contributed by atoms with E-state index < -0.39 is 5.97 Å². The number of hydrogen-bond donors (Lipinski definition) is 1. The standard InChI is InChI=1S/C13H18ClNO2/c1-9(2)6-7-15-10-4-5-12(14)11(8-10)13(16)17-3/h4-5,8-9,15H,6-7H2,1-3H3. The third-order valence-corrected chi connectivity index (χ3v) is 2.75. The summed E-state index contributed by atoms with van der Waals surface area (Å²) in [5.74, 6) is 0.234. The van der Waals surface area contributed by atoms with Crippen molar-refractivity contribution in [3.05, 3.63) is 28.8 Å². The molecule has 0 aliphatic heterocycles. The summed E-state index contributed by atoms with van der Waals surface area (Å²) in [6, 6.07) is 5.27. The molecule has 0 radical (unpaired) electrons. The van der Waals surface area contributed by atoms with Gasteiger partial charge in [-0.2, -0.15) is 0 Å². The normalized spacial score (nSPS) is 10.4. The highest BCUT2D eigenvalue weighted by Gasteiger charge is 2.11. The fourth-order valence-electron chi connectivity index (χ4n) is 1.41. The van der Waals surface area contributed by atoms with Crippen molar-refractivity contribution in [1.82, 2.24) is 0 Å². The van der Waals surface area contributed by atoms with Gasteiger partial charge in [0.1, 0.15) is 0 Å². The molecule has 3 nitrogen and oxygen atoms in total. The van der Waals surface area contributed by atoms with Gasteiger partial charge in [0.2, 0.25) is 0 Å². The van der Waals surface area contributed by atoms with Crippen LogP contribution in [0.4, 0.5) is 5.69 Å². The van der Waals surface area contributed by atoms with Gasteiger partial charge in [0.15, 0.2) is 0 Å². The van der Waals surface area contributed by atoms with Crippen LogP contribution in [0.1, 0.15) is 30.6 Å². The monoisotopic (exact) mass is 255 g/mol. The highest BCUT2D eigenvalue weighted by atomic mass is 35.5. The summed E-state index contributed by atoms with van der Waals surface area (Å²) in [4.78, 5) is 11.4. The van der Waals surface area contributed by atoms with Gasteiger partial charge in [0, 0.05) is 12.2 Å². The van der Waals surface area contributed by atoms with Crippen molar-refractivity contribution in [1.29, 1.82) is 0 Å². The summed E-state index contributed by atoms with van der Waals surface area (Å²) >= 11 is 5.93. The van der Waals surface area contributed by atoms with E-state index in [0.29, 0.717) is 16.5 Å². The molecule has 0 fully saturated rings. The molecule has 1 aromatic rings. The van der Waals surface area contributed by atoms with Crippen molar-refractivity contribution in [3.63, 3.8) is 0 Å². The minimum absolute atomic E-state index is 0.392. The fraction of sp³-hybridized carbons (Fsp3) is 0.462. The molecule has 4 heteroatoms. The summed E-state index contributed by atoms with van der Waals surface area (Å²) < 4.78 is 4.66. The van der Waals surface area contributed by atoms with E-state index >= 15 is 0 Å². The van der Waals surface area contributed by atoms with Gasteiger partial charge in [-0.15, -0.1) is 0 Å². The number of carbonyl (C=O) groups excluding carboxylic acids is 1. The van der Waals surface area contributed by atoms with Gasteiger partial charge in [-0.1, -0.05) is 25.4 Å². The average molecular weight is 256 g/mol. The van der Waals surface area contributed by atoms with Crippen LogP contribution >= 0.6 is 11.6 Å². The van der Waals surface area contributed by atoms with Gasteiger partial charge in [0.05, 0.1) is 17.7 Å². The van der Waals surface area contributed by atoms with Crippen molar-refractivity contribution in [3.8, 4) is 0 Å². The molecule has 1 N–H and O–H groups in total. The number of benzene rings is 1. The highest BCUT2D eigenvalue weighted by molar-refractivity contribution is 6.33. The van der Waals surface area contributed by atoms with E-state index in [-0.39, 0.29) is 0 Å². The zero-order valence-corrected chi connectivity index (χ0v) is 11.2. The largest absolute Gasteiger partial charge is 0.465 e. The Labute approximate surface area is 107 Å². The van der Waals surface area contributed by atoms with E-state index in [9.17, 15) is 4.79 Å². The maximum Gasteiger partial charge on any atom is 0.339 e. The molecule has 0 bridgehead atoms. The first-order valence-electron chi connectivity index (χ1n) is 5.66. The summed E-state index contributed by atoms with van der Waals surface area (Å²) in [6.45, 7) is 5.22. The molecule has 1 aromatic carbocycles. The van der Waals surface area contributed by atoms with Crippen LogP contribution in [0, 0.1) is 5.92 Å². The number of esters is 1. The van der Waals surface area contributed by atoms with Crippen LogP contribution < -0.4 is 5.32 Å². The van der Waals surface area contributed by atoms with Crippen molar-refractivity contribution in [2.75, 3.05) is 19.0 Å². The van der Waals surface area contributed by atoms with Crippen LogP contribution in [0.2, 0.25) is 5.02 Å². The number of nitrogens with one attached hydrogen (secondary N) is 1. The Morgan fingerprint density at radius 1 is 1.47 bits per heavy atom. The lowest BCUT2D eigenvalue weighted by Crippen LogP contribution is -2.07. The quantitative estimate of drug-likeness (QED) is 0.818. The molecule has 0 heterocycles. The fourth-order valence-corrected chi connectivity index (χ4v) is 1.60. The summed E-state index contributed by atoms with van der Waals surface area (Å²) in [6.07, 6.45) is 1.08. The van der Waals surface area contributed by atoms with E-state index in [4.69, 9.17) is 11.6 Å². The second-order valence-electron chi connectivity index (χ2n) is 4.30. The van der Waals surface area contributed by atoms with Crippen LogP contribution in [0.5, 0.6) is 0 Å². The predicted octanol–water partition coefficient (Wildman–Crippen LogP) is 3.58. The molecule has 0 saturated heterocycles. The molecule has 0 aliphatic rings. The molecule has 0 spiro atoms. The minimum atomic E-state index is -0.414. The van der Waals surface area contributed by atoms with E-state index in [1.807, 2.05) is 6.07 Å².